The largest absolute Gasteiger partial charge is 0.393 e. The summed E-state index contributed by atoms with van der Waals surface area (Å²) in [4.78, 5) is 0. The number of rotatable bonds is 6. The third-order valence-electron chi connectivity index (χ3n) is 3.96. The van der Waals surface area contributed by atoms with Gasteiger partial charge in [0, 0.05) is 0 Å². The van der Waals surface area contributed by atoms with Crippen LogP contribution in [0, 0.1) is 11.8 Å². The Morgan fingerprint density at radius 1 is 1.22 bits per heavy atom. The van der Waals surface area contributed by atoms with Crippen LogP contribution in [0.1, 0.15) is 31.2 Å². The highest BCUT2D eigenvalue weighted by Crippen LogP contribution is 2.38. The molecular formula is C15H24ClNO. The number of aryl methyl sites for hydroxylation is 1. The van der Waals surface area contributed by atoms with Crippen molar-refractivity contribution in [2.75, 3.05) is 6.54 Å². The maximum Gasteiger partial charge on any atom is 0.0571 e. The first-order valence-electron chi connectivity index (χ1n) is 6.71. The van der Waals surface area contributed by atoms with E-state index in [1.165, 1.54) is 18.4 Å². The molecule has 0 saturated heterocycles. The molecule has 1 aromatic rings. The summed E-state index contributed by atoms with van der Waals surface area (Å²) in [5.74, 6) is 1.30. The minimum absolute atomic E-state index is 0. The molecule has 0 radical (unpaired) electrons. The molecule has 1 aliphatic carbocycles. The Labute approximate surface area is 116 Å². The summed E-state index contributed by atoms with van der Waals surface area (Å²) in [6.07, 6.45) is 5.23. The summed E-state index contributed by atoms with van der Waals surface area (Å²) in [7, 11) is 0. The average Bonchev–Trinajstić information content (AvgIpc) is 2.31. The molecule has 1 aliphatic rings. The molecule has 0 bridgehead atoms. The lowest BCUT2D eigenvalue weighted by molar-refractivity contribution is 0.0207. The van der Waals surface area contributed by atoms with Gasteiger partial charge in [0.25, 0.3) is 0 Å². The third-order valence-corrected chi connectivity index (χ3v) is 3.96. The Kier molecular flexibility index (Phi) is 6.69. The van der Waals surface area contributed by atoms with Crippen molar-refractivity contribution in [2.24, 2.45) is 17.6 Å². The summed E-state index contributed by atoms with van der Waals surface area (Å²) >= 11 is 0. The molecule has 0 heterocycles. The van der Waals surface area contributed by atoms with Gasteiger partial charge in [-0.05, 0) is 56.0 Å². The van der Waals surface area contributed by atoms with Gasteiger partial charge >= 0.3 is 0 Å². The standard InChI is InChI=1S/C15H23NO.ClH/c16-9-8-13-10-14(11-13)15(17)7-6-12-4-2-1-3-5-12;/h1-5,13-15,17H,6-11,16H2;1H/t13-,14+,15?;. The van der Waals surface area contributed by atoms with Crippen molar-refractivity contribution < 1.29 is 5.11 Å². The van der Waals surface area contributed by atoms with Crippen molar-refractivity contribution >= 4 is 12.4 Å². The normalized spacial score (nSPS) is 23.9. The van der Waals surface area contributed by atoms with Gasteiger partial charge in [0.05, 0.1) is 6.10 Å². The van der Waals surface area contributed by atoms with Crippen molar-refractivity contribution in [3.63, 3.8) is 0 Å². The van der Waals surface area contributed by atoms with Crippen molar-refractivity contribution in [1.82, 2.24) is 0 Å². The zero-order chi connectivity index (χ0) is 12.1. The van der Waals surface area contributed by atoms with Gasteiger partial charge in [0.15, 0.2) is 0 Å². The molecular weight excluding hydrogens is 246 g/mol. The van der Waals surface area contributed by atoms with Gasteiger partial charge < -0.3 is 10.8 Å². The van der Waals surface area contributed by atoms with Gasteiger partial charge in [-0.1, -0.05) is 30.3 Å². The molecule has 18 heavy (non-hydrogen) atoms. The summed E-state index contributed by atoms with van der Waals surface area (Å²) in [5.41, 5.74) is 6.86. The smallest absolute Gasteiger partial charge is 0.0571 e. The zero-order valence-electron chi connectivity index (χ0n) is 10.8. The van der Waals surface area contributed by atoms with E-state index in [1.807, 2.05) is 6.07 Å². The van der Waals surface area contributed by atoms with E-state index in [0.717, 1.165) is 31.7 Å². The fraction of sp³-hybridized carbons (Fsp3) is 0.600. The minimum Gasteiger partial charge on any atom is -0.393 e. The van der Waals surface area contributed by atoms with E-state index >= 15 is 0 Å². The van der Waals surface area contributed by atoms with E-state index < -0.39 is 0 Å². The van der Waals surface area contributed by atoms with Gasteiger partial charge in [0.2, 0.25) is 0 Å². The van der Waals surface area contributed by atoms with Crippen LogP contribution in [0.3, 0.4) is 0 Å². The number of nitrogens with two attached hydrogens (primary N) is 1. The molecule has 0 aliphatic heterocycles. The first-order chi connectivity index (χ1) is 8.29. The summed E-state index contributed by atoms with van der Waals surface area (Å²) in [6.45, 7) is 0.789. The lowest BCUT2D eigenvalue weighted by Gasteiger charge is -2.38. The second-order valence-electron chi connectivity index (χ2n) is 5.27. The molecule has 0 aromatic heterocycles. The summed E-state index contributed by atoms with van der Waals surface area (Å²) < 4.78 is 0. The molecule has 0 amide bonds. The molecule has 3 heteroatoms. The molecule has 1 aromatic carbocycles. The maximum absolute atomic E-state index is 10.1. The molecule has 1 unspecified atom stereocenters. The van der Waals surface area contributed by atoms with Crippen LogP contribution in [0.4, 0.5) is 0 Å². The minimum atomic E-state index is -0.121. The fourth-order valence-corrected chi connectivity index (χ4v) is 2.77. The van der Waals surface area contributed by atoms with Crippen molar-refractivity contribution in [2.45, 2.75) is 38.2 Å². The Morgan fingerprint density at radius 2 is 1.89 bits per heavy atom. The average molecular weight is 270 g/mol. The van der Waals surface area contributed by atoms with Crippen LogP contribution in [-0.2, 0) is 6.42 Å². The Morgan fingerprint density at radius 3 is 2.50 bits per heavy atom. The number of aliphatic hydroxyl groups is 1. The van der Waals surface area contributed by atoms with Gasteiger partial charge in [-0.25, -0.2) is 0 Å². The zero-order valence-corrected chi connectivity index (χ0v) is 11.6. The summed E-state index contributed by atoms with van der Waals surface area (Å²) in [5, 5.41) is 10.1. The van der Waals surface area contributed by atoms with Crippen LogP contribution in [-0.4, -0.2) is 17.8 Å². The SMILES string of the molecule is Cl.NCC[C@H]1C[C@@H](C(O)CCc2ccccc2)C1. The third kappa shape index (κ3) is 4.27. The first-order valence-corrected chi connectivity index (χ1v) is 6.71. The molecule has 1 atom stereocenters. The van der Waals surface area contributed by atoms with Crippen LogP contribution >= 0.6 is 12.4 Å². The van der Waals surface area contributed by atoms with Gasteiger partial charge in [-0.15, -0.1) is 12.4 Å². The fourth-order valence-electron chi connectivity index (χ4n) is 2.77. The van der Waals surface area contributed by atoms with Crippen molar-refractivity contribution in [1.29, 1.82) is 0 Å². The molecule has 2 nitrogen and oxygen atoms in total. The number of hydrogen-bond donors (Lipinski definition) is 2. The quantitative estimate of drug-likeness (QED) is 0.834. The van der Waals surface area contributed by atoms with E-state index in [1.54, 1.807) is 0 Å². The Balaban J connectivity index is 0.00000162. The van der Waals surface area contributed by atoms with Crippen LogP contribution < -0.4 is 5.73 Å². The first kappa shape index (κ1) is 15.5. The van der Waals surface area contributed by atoms with E-state index in [9.17, 15) is 5.11 Å². The van der Waals surface area contributed by atoms with Crippen LogP contribution in [0.25, 0.3) is 0 Å². The predicted octanol–water partition coefficient (Wildman–Crippen LogP) is 2.78. The van der Waals surface area contributed by atoms with E-state index in [4.69, 9.17) is 5.73 Å². The lowest BCUT2D eigenvalue weighted by Crippen LogP contribution is -2.34. The Bertz CT molecular complexity index is 325. The molecule has 102 valence electrons. The molecule has 0 spiro atoms. The summed E-state index contributed by atoms with van der Waals surface area (Å²) in [6, 6.07) is 10.4. The van der Waals surface area contributed by atoms with Crippen LogP contribution in [0.5, 0.6) is 0 Å². The monoisotopic (exact) mass is 269 g/mol. The predicted molar refractivity (Wildman–Crippen MR) is 77.9 cm³/mol. The topological polar surface area (TPSA) is 46.2 Å². The molecule has 1 saturated carbocycles. The van der Waals surface area contributed by atoms with Gasteiger partial charge in [0.1, 0.15) is 0 Å². The highest BCUT2D eigenvalue weighted by molar-refractivity contribution is 5.85. The Hall–Kier alpha value is -0.570. The van der Waals surface area contributed by atoms with E-state index in [2.05, 4.69) is 24.3 Å². The van der Waals surface area contributed by atoms with Crippen LogP contribution in [0.15, 0.2) is 30.3 Å². The second kappa shape index (κ2) is 7.78. The lowest BCUT2D eigenvalue weighted by atomic mass is 9.70. The van der Waals surface area contributed by atoms with E-state index in [-0.39, 0.29) is 18.5 Å². The van der Waals surface area contributed by atoms with E-state index in [0.29, 0.717) is 5.92 Å². The highest BCUT2D eigenvalue weighted by atomic mass is 35.5. The maximum atomic E-state index is 10.1. The second-order valence-corrected chi connectivity index (χ2v) is 5.27. The van der Waals surface area contributed by atoms with Crippen molar-refractivity contribution in [3.05, 3.63) is 35.9 Å². The number of aliphatic hydroxyl groups excluding tert-OH is 1. The number of benzene rings is 1. The van der Waals surface area contributed by atoms with Crippen LogP contribution in [0.2, 0.25) is 0 Å². The molecule has 1 fully saturated rings. The van der Waals surface area contributed by atoms with Gasteiger partial charge in [-0.2, -0.15) is 0 Å². The number of hydrogen-bond acceptors (Lipinski definition) is 2. The van der Waals surface area contributed by atoms with Gasteiger partial charge in [-0.3, -0.25) is 0 Å². The molecule has 3 N–H and O–H groups in total. The number of halogens is 1. The highest BCUT2D eigenvalue weighted by Gasteiger charge is 2.33. The van der Waals surface area contributed by atoms with Crippen molar-refractivity contribution in [3.8, 4) is 0 Å². The molecule has 2 rings (SSSR count).